The summed E-state index contributed by atoms with van der Waals surface area (Å²) in [6, 6.07) is 3.99. The van der Waals surface area contributed by atoms with Crippen LogP contribution in [0.25, 0.3) is 0 Å². The molecule has 1 aliphatic heterocycles. The number of amides is 1. The predicted molar refractivity (Wildman–Crippen MR) is 87.4 cm³/mol. The summed E-state index contributed by atoms with van der Waals surface area (Å²) < 4.78 is 0. The molecule has 1 fully saturated rings. The fourth-order valence-corrected chi connectivity index (χ4v) is 3.39. The first-order chi connectivity index (χ1) is 10.1. The Morgan fingerprint density at radius 1 is 1.24 bits per heavy atom. The van der Waals surface area contributed by atoms with Crippen molar-refractivity contribution in [2.24, 2.45) is 11.8 Å². The molecule has 21 heavy (non-hydrogen) atoms. The minimum Gasteiger partial charge on any atom is -0.397 e. The average Bonchev–Trinajstić information content (AvgIpc) is 2.47. The van der Waals surface area contributed by atoms with Crippen molar-refractivity contribution in [3.63, 3.8) is 0 Å². The van der Waals surface area contributed by atoms with E-state index in [1.807, 2.05) is 6.07 Å². The van der Waals surface area contributed by atoms with Crippen LogP contribution in [0.5, 0.6) is 0 Å². The van der Waals surface area contributed by atoms with Crippen LogP contribution in [0, 0.1) is 11.8 Å². The molecule has 1 aromatic carbocycles. The van der Waals surface area contributed by atoms with E-state index in [9.17, 15) is 4.79 Å². The van der Waals surface area contributed by atoms with Gasteiger partial charge in [0.05, 0.1) is 11.4 Å². The molecule has 4 N–H and O–H groups in total. The van der Waals surface area contributed by atoms with Gasteiger partial charge in [0.1, 0.15) is 0 Å². The largest absolute Gasteiger partial charge is 0.397 e. The van der Waals surface area contributed by atoms with Crippen molar-refractivity contribution in [3.8, 4) is 0 Å². The van der Waals surface area contributed by atoms with Gasteiger partial charge in [-0.15, -0.1) is 0 Å². The van der Waals surface area contributed by atoms with E-state index in [1.54, 1.807) is 0 Å². The molecule has 0 bridgehead atoms. The van der Waals surface area contributed by atoms with Gasteiger partial charge in [0, 0.05) is 18.7 Å². The Hall–Kier alpha value is -1.71. The van der Waals surface area contributed by atoms with Crippen LogP contribution in [-0.2, 0) is 11.2 Å². The van der Waals surface area contributed by atoms with E-state index < -0.39 is 0 Å². The topological polar surface area (TPSA) is 67.2 Å². The third-order valence-electron chi connectivity index (χ3n) is 4.89. The molecule has 0 aromatic heterocycles. The molecule has 1 heterocycles. The molecular weight excluding hydrogens is 262 g/mol. The van der Waals surface area contributed by atoms with Gasteiger partial charge in [0.2, 0.25) is 5.91 Å². The molecule has 0 unspecified atom stereocenters. The van der Waals surface area contributed by atoms with Crippen molar-refractivity contribution in [1.82, 2.24) is 0 Å². The van der Waals surface area contributed by atoms with E-state index in [1.165, 1.54) is 31.2 Å². The van der Waals surface area contributed by atoms with Crippen molar-refractivity contribution >= 4 is 23.0 Å². The minimum atomic E-state index is 0.0823. The molecule has 1 aliphatic carbocycles. The van der Waals surface area contributed by atoms with Crippen LogP contribution in [0.15, 0.2) is 12.1 Å². The van der Waals surface area contributed by atoms with Gasteiger partial charge in [0.25, 0.3) is 0 Å². The monoisotopic (exact) mass is 287 g/mol. The summed E-state index contributed by atoms with van der Waals surface area (Å²) in [6.07, 6.45) is 6.69. The summed E-state index contributed by atoms with van der Waals surface area (Å²) in [5.41, 5.74) is 9.91. The van der Waals surface area contributed by atoms with Crippen LogP contribution in [0.3, 0.4) is 0 Å². The van der Waals surface area contributed by atoms with Gasteiger partial charge < -0.3 is 16.4 Å². The zero-order chi connectivity index (χ0) is 14.8. The second-order valence-electron chi connectivity index (χ2n) is 6.65. The number of hydrogen-bond donors (Lipinski definition) is 3. The molecule has 1 amide bonds. The molecule has 0 spiro atoms. The van der Waals surface area contributed by atoms with Crippen LogP contribution >= 0.6 is 0 Å². The van der Waals surface area contributed by atoms with Gasteiger partial charge in [-0.1, -0.05) is 19.8 Å². The van der Waals surface area contributed by atoms with E-state index >= 15 is 0 Å². The Morgan fingerprint density at radius 3 is 2.76 bits per heavy atom. The normalized spacial score (nSPS) is 25.1. The van der Waals surface area contributed by atoms with Crippen LogP contribution in [0.4, 0.5) is 17.1 Å². The first kappa shape index (κ1) is 14.2. The molecule has 114 valence electrons. The number of nitrogen functional groups attached to an aromatic ring is 1. The SMILES string of the molecule is CC1CCC(CNc2cc3c(cc2N)NC(=O)CC3)CC1. The number of carbonyl (C=O) groups excluding carboxylic acids is 1. The average molecular weight is 287 g/mol. The molecule has 0 atom stereocenters. The minimum absolute atomic E-state index is 0.0823. The van der Waals surface area contributed by atoms with Gasteiger partial charge in [0.15, 0.2) is 0 Å². The molecule has 1 aromatic rings. The van der Waals surface area contributed by atoms with E-state index in [2.05, 4.69) is 23.6 Å². The Balaban J connectivity index is 1.64. The summed E-state index contributed by atoms with van der Waals surface area (Å²) >= 11 is 0. The molecule has 3 rings (SSSR count). The lowest BCUT2D eigenvalue weighted by Gasteiger charge is -2.27. The maximum absolute atomic E-state index is 11.4. The van der Waals surface area contributed by atoms with Gasteiger partial charge in [-0.3, -0.25) is 4.79 Å². The number of fused-ring (bicyclic) bond motifs is 1. The number of carbonyl (C=O) groups is 1. The molecule has 2 aliphatic rings. The highest BCUT2D eigenvalue weighted by Crippen LogP contribution is 2.32. The number of nitrogens with one attached hydrogen (secondary N) is 2. The van der Waals surface area contributed by atoms with Crippen molar-refractivity contribution in [2.75, 3.05) is 22.9 Å². The Bertz CT molecular complexity index is 533. The van der Waals surface area contributed by atoms with Crippen LogP contribution in [0.2, 0.25) is 0 Å². The van der Waals surface area contributed by atoms with E-state index in [0.29, 0.717) is 6.42 Å². The molecule has 4 heteroatoms. The summed E-state index contributed by atoms with van der Waals surface area (Å²) in [6.45, 7) is 3.35. The Morgan fingerprint density at radius 2 is 2.00 bits per heavy atom. The molecule has 0 saturated heterocycles. The maximum Gasteiger partial charge on any atom is 0.224 e. The van der Waals surface area contributed by atoms with Gasteiger partial charge in [-0.2, -0.15) is 0 Å². The number of aryl methyl sites for hydroxylation is 1. The van der Waals surface area contributed by atoms with E-state index in [4.69, 9.17) is 5.73 Å². The maximum atomic E-state index is 11.4. The van der Waals surface area contributed by atoms with Crippen molar-refractivity contribution in [1.29, 1.82) is 0 Å². The quantitative estimate of drug-likeness (QED) is 0.746. The van der Waals surface area contributed by atoms with Gasteiger partial charge in [-0.25, -0.2) is 0 Å². The number of rotatable bonds is 3. The van der Waals surface area contributed by atoms with Crippen molar-refractivity contribution < 1.29 is 4.79 Å². The van der Waals surface area contributed by atoms with Crippen LogP contribution < -0.4 is 16.4 Å². The van der Waals surface area contributed by atoms with E-state index in [-0.39, 0.29) is 5.91 Å². The molecule has 4 nitrogen and oxygen atoms in total. The van der Waals surface area contributed by atoms with Crippen LogP contribution in [0.1, 0.15) is 44.6 Å². The summed E-state index contributed by atoms with van der Waals surface area (Å²) in [7, 11) is 0. The van der Waals surface area contributed by atoms with Crippen molar-refractivity contribution in [3.05, 3.63) is 17.7 Å². The second kappa shape index (κ2) is 5.96. The summed E-state index contributed by atoms with van der Waals surface area (Å²) in [4.78, 5) is 11.4. The fraction of sp³-hybridized carbons (Fsp3) is 0.588. The second-order valence-corrected chi connectivity index (χ2v) is 6.65. The lowest BCUT2D eigenvalue weighted by Crippen LogP contribution is -2.22. The van der Waals surface area contributed by atoms with Gasteiger partial charge >= 0.3 is 0 Å². The molecular formula is C17H25N3O. The first-order valence-corrected chi connectivity index (χ1v) is 8.08. The first-order valence-electron chi connectivity index (χ1n) is 8.08. The highest BCUT2D eigenvalue weighted by molar-refractivity contribution is 5.95. The van der Waals surface area contributed by atoms with E-state index in [0.717, 1.165) is 41.9 Å². The number of anilines is 3. The Kier molecular flexibility index (Phi) is 4.04. The highest BCUT2D eigenvalue weighted by atomic mass is 16.1. The standard InChI is InChI=1S/C17H25N3O/c1-11-2-4-12(5-3-11)10-19-16-8-13-6-7-17(21)20-15(13)9-14(16)18/h8-9,11-12,19H,2-7,10,18H2,1H3,(H,20,21). The third kappa shape index (κ3) is 3.31. The number of benzene rings is 1. The Labute approximate surface area is 126 Å². The van der Waals surface area contributed by atoms with Crippen LogP contribution in [-0.4, -0.2) is 12.5 Å². The number of nitrogens with two attached hydrogens (primary N) is 1. The predicted octanol–water partition coefficient (Wildman–Crippen LogP) is 3.39. The molecule has 1 saturated carbocycles. The lowest BCUT2D eigenvalue weighted by atomic mass is 9.83. The number of hydrogen-bond acceptors (Lipinski definition) is 3. The summed E-state index contributed by atoms with van der Waals surface area (Å²) in [5.74, 6) is 1.73. The third-order valence-corrected chi connectivity index (χ3v) is 4.89. The zero-order valence-corrected chi connectivity index (χ0v) is 12.7. The zero-order valence-electron chi connectivity index (χ0n) is 12.7. The smallest absolute Gasteiger partial charge is 0.224 e. The van der Waals surface area contributed by atoms with Crippen molar-refractivity contribution in [2.45, 2.75) is 45.4 Å². The lowest BCUT2D eigenvalue weighted by molar-refractivity contribution is -0.116. The highest BCUT2D eigenvalue weighted by Gasteiger charge is 2.19. The summed E-state index contributed by atoms with van der Waals surface area (Å²) in [5, 5.41) is 6.41. The molecule has 0 radical (unpaired) electrons. The van der Waals surface area contributed by atoms with Gasteiger partial charge in [-0.05, 0) is 48.8 Å². The fourth-order valence-electron chi connectivity index (χ4n) is 3.39.